The Morgan fingerprint density at radius 2 is 1.17 bits per heavy atom. The van der Waals surface area contributed by atoms with Gasteiger partial charge in [0.15, 0.2) is 0 Å². The Morgan fingerprint density at radius 1 is 0.750 bits per heavy atom. The first-order valence-electron chi connectivity index (χ1n) is 9.01. The monoisotopic (exact) mass is 326 g/mol. The minimum Gasteiger partial charge on any atom is -0.363 e. The van der Waals surface area contributed by atoms with Gasteiger partial charge >= 0.3 is 0 Å². The first kappa shape index (κ1) is 18.7. The molecule has 0 saturated heterocycles. The van der Waals surface area contributed by atoms with Crippen molar-refractivity contribution in [3.05, 3.63) is 71.8 Å². The van der Waals surface area contributed by atoms with Crippen LogP contribution in [-0.2, 0) is 4.74 Å². The number of hydrogen-bond donors (Lipinski definition) is 0. The minimum atomic E-state index is 0.000162. The lowest BCUT2D eigenvalue weighted by Gasteiger charge is -2.42. The van der Waals surface area contributed by atoms with Crippen molar-refractivity contribution in [1.29, 1.82) is 0 Å². The predicted octanol–water partition coefficient (Wildman–Crippen LogP) is 5.06. The van der Waals surface area contributed by atoms with Crippen LogP contribution in [0.1, 0.15) is 44.9 Å². The molecular formula is C22H32NO+. The average Bonchev–Trinajstić information content (AvgIpc) is 2.59. The van der Waals surface area contributed by atoms with Crippen molar-refractivity contribution in [2.75, 3.05) is 20.2 Å². The molecule has 2 aromatic rings. The normalized spacial score (nSPS) is 12.3. The molecule has 2 aromatic carbocycles. The number of quaternary nitrogens is 1. The molecular weight excluding hydrogens is 294 g/mol. The van der Waals surface area contributed by atoms with Crippen LogP contribution in [-0.4, -0.2) is 36.8 Å². The van der Waals surface area contributed by atoms with Crippen molar-refractivity contribution in [2.45, 2.75) is 45.9 Å². The van der Waals surface area contributed by atoms with Crippen molar-refractivity contribution >= 4 is 0 Å². The van der Waals surface area contributed by atoms with Gasteiger partial charge in [0.1, 0.15) is 12.6 Å². The summed E-state index contributed by atoms with van der Waals surface area (Å²) >= 11 is 0. The van der Waals surface area contributed by atoms with Crippen LogP contribution in [0.2, 0.25) is 0 Å². The summed E-state index contributed by atoms with van der Waals surface area (Å²) in [6.07, 6.45) is 0.000162. The van der Waals surface area contributed by atoms with Gasteiger partial charge in [-0.25, -0.2) is 0 Å². The fourth-order valence-electron chi connectivity index (χ4n) is 3.12. The first-order chi connectivity index (χ1) is 11.4. The maximum Gasteiger partial charge on any atom is 0.108 e. The third kappa shape index (κ3) is 4.46. The Balaban J connectivity index is 2.13. The van der Waals surface area contributed by atoms with Crippen LogP contribution in [0.15, 0.2) is 60.7 Å². The molecule has 0 bridgehead atoms. The smallest absolute Gasteiger partial charge is 0.108 e. The highest BCUT2D eigenvalue weighted by atomic mass is 16.5. The van der Waals surface area contributed by atoms with Gasteiger partial charge in [0.05, 0.1) is 25.7 Å². The van der Waals surface area contributed by atoms with Gasteiger partial charge < -0.3 is 9.22 Å². The summed E-state index contributed by atoms with van der Waals surface area (Å²) < 4.78 is 7.42. The SMILES string of the molecule is CC(C)[N+](C)(CCOC(c1ccccc1)c1ccccc1)C(C)C. The standard InChI is InChI=1S/C22H32NO/c1-18(2)23(5,19(3)4)16-17-24-22(20-12-8-6-9-13-20)21-14-10-7-11-15-21/h6-15,18-19,22H,16-17H2,1-5H3/q+1. The summed E-state index contributed by atoms with van der Waals surface area (Å²) in [7, 11) is 2.33. The molecule has 0 aliphatic carbocycles. The maximum absolute atomic E-state index is 6.39. The Bertz CT molecular complexity index is 544. The number of benzene rings is 2. The second-order valence-corrected chi connectivity index (χ2v) is 7.33. The lowest BCUT2D eigenvalue weighted by molar-refractivity contribution is -0.949. The molecule has 0 amide bonds. The van der Waals surface area contributed by atoms with E-state index in [0.29, 0.717) is 12.1 Å². The molecule has 0 radical (unpaired) electrons. The zero-order valence-corrected chi connectivity index (χ0v) is 15.8. The maximum atomic E-state index is 6.39. The van der Waals surface area contributed by atoms with E-state index >= 15 is 0 Å². The van der Waals surface area contributed by atoms with Crippen molar-refractivity contribution in [3.63, 3.8) is 0 Å². The van der Waals surface area contributed by atoms with E-state index in [1.807, 2.05) is 0 Å². The number of ether oxygens (including phenoxy) is 1. The second kappa shape index (κ2) is 8.46. The lowest BCUT2D eigenvalue weighted by Crippen LogP contribution is -2.56. The van der Waals surface area contributed by atoms with E-state index in [1.54, 1.807) is 0 Å². The van der Waals surface area contributed by atoms with E-state index < -0.39 is 0 Å². The third-order valence-electron chi connectivity index (χ3n) is 5.42. The minimum absolute atomic E-state index is 0.000162. The van der Waals surface area contributed by atoms with E-state index in [4.69, 9.17) is 4.74 Å². The van der Waals surface area contributed by atoms with Gasteiger partial charge in [0.2, 0.25) is 0 Å². The Hall–Kier alpha value is -1.64. The van der Waals surface area contributed by atoms with Crippen molar-refractivity contribution in [3.8, 4) is 0 Å². The van der Waals surface area contributed by atoms with Gasteiger partial charge in [-0.3, -0.25) is 0 Å². The van der Waals surface area contributed by atoms with Crippen molar-refractivity contribution < 1.29 is 9.22 Å². The average molecular weight is 327 g/mol. The van der Waals surface area contributed by atoms with E-state index in [9.17, 15) is 0 Å². The number of rotatable bonds is 8. The fraction of sp³-hybridized carbons (Fsp3) is 0.455. The summed E-state index contributed by atoms with van der Waals surface area (Å²) in [4.78, 5) is 0. The molecule has 0 N–H and O–H groups in total. The zero-order chi connectivity index (χ0) is 17.6. The molecule has 0 aliphatic rings. The molecule has 130 valence electrons. The fourth-order valence-corrected chi connectivity index (χ4v) is 3.12. The first-order valence-corrected chi connectivity index (χ1v) is 9.01. The molecule has 0 saturated carbocycles. The predicted molar refractivity (Wildman–Crippen MR) is 102 cm³/mol. The highest BCUT2D eigenvalue weighted by molar-refractivity contribution is 5.29. The van der Waals surface area contributed by atoms with Crippen LogP contribution in [0.5, 0.6) is 0 Å². The van der Waals surface area contributed by atoms with Crippen LogP contribution in [0.25, 0.3) is 0 Å². The van der Waals surface area contributed by atoms with Crippen LogP contribution >= 0.6 is 0 Å². The number of nitrogens with zero attached hydrogens (tertiary/aromatic N) is 1. The molecule has 2 rings (SSSR count). The molecule has 0 unspecified atom stereocenters. The molecule has 0 heterocycles. The van der Waals surface area contributed by atoms with Gasteiger partial charge in [0.25, 0.3) is 0 Å². The van der Waals surface area contributed by atoms with Crippen molar-refractivity contribution in [2.24, 2.45) is 0 Å². The largest absolute Gasteiger partial charge is 0.363 e. The van der Waals surface area contributed by atoms with Crippen LogP contribution in [0, 0.1) is 0 Å². The summed E-state index contributed by atoms with van der Waals surface area (Å²) in [5, 5.41) is 0. The summed E-state index contributed by atoms with van der Waals surface area (Å²) in [6.45, 7) is 11.0. The molecule has 2 nitrogen and oxygen atoms in total. The lowest BCUT2D eigenvalue weighted by atomic mass is 10.0. The number of likely N-dealkylation sites (N-methyl/N-ethyl adjacent to an activating group) is 1. The highest BCUT2D eigenvalue weighted by Crippen LogP contribution is 2.26. The summed E-state index contributed by atoms with van der Waals surface area (Å²) in [6, 6.07) is 22.2. The van der Waals surface area contributed by atoms with Gasteiger partial charge in [0, 0.05) is 0 Å². The van der Waals surface area contributed by atoms with E-state index in [2.05, 4.69) is 95.4 Å². The Labute approximate surface area is 147 Å². The van der Waals surface area contributed by atoms with Crippen LogP contribution in [0.4, 0.5) is 0 Å². The van der Waals surface area contributed by atoms with E-state index in [0.717, 1.165) is 17.6 Å². The summed E-state index contributed by atoms with van der Waals surface area (Å²) in [5.74, 6) is 0. The topological polar surface area (TPSA) is 9.23 Å². The molecule has 0 aromatic heterocycles. The van der Waals surface area contributed by atoms with Gasteiger partial charge in [-0.15, -0.1) is 0 Å². The molecule has 0 fully saturated rings. The molecule has 0 spiro atoms. The molecule has 0 aliphatic heterocycles. The third-order valence-corrected chi connectivity index (χ3v) is 5.42. The van der Waals surface area contributed by atoms with Gasteiger partial charge in [-0.2, -0.15) is 0 Å². The van der Waals surface area contributed by atoms with Gasteiger partial charge in [-0.05, 0) is 38.8 Å². The Morgan fingerprint density at radius 3 is 1.54 bits per heavy atom. The molecule has 24 heavy (non-hydrogen) atoms. The molecule has 0 atom stereocenters. The number of hydrogen-bond acceptors (Lipinski definition) is 1. The van der Waals surface area contributed by atoms with Crippen LogP contribution < -0.4 is 0 Å². The second-order valence-electron chi connectivity index (χ2n) is 7.33. The quantitative estimate of drug-likeness (QED) is 0.616. The van der Waals surface area contributed by atoms with Crippen LogP contribution in [0.3, 0.4) is 0 Å². The van der Waals surface area contributed by atoms with Gasteiger partial charge in [-0.1, -0.05) is 60.7 Å². The highest BCUT2D eigenvalue weighted by Gasteiger charge is 2.29. The zero-order valence-electron chi connectivity index (χ0n) is 15.8. The van der Waals surface area contributed by atoms with E-state index in [1.165, 1.54) is 11.1 Å². The Kier molecular flexibility index (Phi) is 6.59. The van der Waals surface area contributed by atoms with E-state index in [-0.39, 0.29) is 6.10 Å². The summed E-state index contributed by atoms with van der Waals surface area (Å²) in [5.41, 5.74) is 2.43. The molecule has 2 heteroatoms. The van der Waals surface area contributed by atoms with Crippen molar-refractivity contribution in [1.82, 2.24) is 0 Å².